The molecule has 20 heteroatoms. The smallest absolute Gasteiger partial charge is 0.408 e. The average Bonchev–Trinajstić information content (AvgIpc) is 4.13. The molecule has 1 saturated heterocycles. The normalized spacial score (nSPS) is 31.0. The van der Waals surface area contributed by atoms with Crippen molar-refractivity contribution in [2.24, 2.45) is 23.2 Å². The van der Waals surface area contributed by atoms with Crippen molar-refractivity contribution in [3.05, 3.63) is 23.9 Å². The highest BCUT2D eigenvalue weighted by atomic mass is 32.2. The molecule has 1 aromatic heterocycles. The molecule has 3 heterocycles. The molecule has 8 atom stereocenters. The quantitative estimate of drug-likeness (QED) is 0.275. The van der Waals surface area contributed by atoms with Gasteiger partial charge in [0.2, 0.25) is 34.1 Å². The molecule has 0 radical (unpaired) electrons. The summed E-state index contributed by atoms with van der Waals surface area (Å²) in [5.41, 5.74) is -3.82. The number of nitrogens with zero attached hydrogens (tertiary/aromatic N) is 3. The minimum atomic E-state index is -4.32. The van der Waals surface area contributed by atoms with Gasteiger partial charge in [0.25, 0.3) is 11.8 Å². The fraction of sp³-hybridized carbons (Fsp3) is 0.707. The molecule has 3 N–H and O–H groups in total. The number of amides is 4. The van der Waals surface area contributed by atoms with Gasteiger partial charge >= 0.3 is 6.09 Å². The number of hydrogen-bond acceptors (Lipinski definition) is 11. The maximum atomic E-state index is 16.4. The number of fused-ring (bicyclic) bond motifs is 5. The third kappa shape index (κ3) is 8.78. The van der Waals surface area contributed by atoms with Crippen LogP contribution >= 0.6 is 0 Å². The zero-order chi connectivity index (χ0) is 44.4. The lowest BCUT2D eigenvalue weighted by atomic mass is 9.85. The van der Waals surface area contributed by atoms with Crippen LogP contribution < -0.4 is 24.8 Å². The maximum Gasteiger partial charge on any atom is 0.408 e. The molecule has 2 aromatic rings. The molecule has 336 valence electrons. The standard InChI is InChI=1S/C41H54F4N6O9S/c1-7-10-23-28-20-51(29(23)33(52)49-40(19-24(40)32(42)43)36(54)50-61(56,57)39(5)15-16-39)35(53)31(38(2,3)4)48-37(55)60-27-17-21(27)11-8-9-14-41(44,45)30-34(59-28)47-26-18-22(58-6)12-13-25(26)46-30/h12-13,18,21,23-24,27-29,31-32H,7-11,14-17,19-20H2,1-6H3,(H,48,55)(H,49,52)(H,50,54)/t21-,23-,24+,27-,28+,29+,31-,40-/m1/s1. The number of carbonyl (C=O) groups is 4. The maximum absolute atomic E-state index is 16.4. The van der Waals surface area contributed by atoms with Gasteiger partial charge in [-0.3, -0.25) is 19.1 Å². The van der Waals surface area contributed by atoms with E-state index in [4.69, 9.17) is 14.2 Å². The van der Waals surface area contributed by atoms with Crippen LogP contribution in [0.5, 0.6) is 11.6 Å². The van der Waals surface area contributed by atoms with Crippen LogP contribution in [-0.4, -0.2) is 102 Å². The van der Waals surface area contributed by atoms with Crippen LogP contribution in [-0.2, 0) is 35.1 Å². The SMILES string of the molecule is CCC[C@@H]1[C@@H]2CN(C(=O)[C@H](C(C)(C)C)NC(=O)O[C@@H]3C[C@H]3CCCCC(F)(F)c3nc4ccc(OC)cc4nc3O2)[C@@H]1C(=O)N[C@]1(C(=O)NS(=O)(=O)C2(C)CC2)C[C@H]1C(F)F. The molecule has 4 amide bonds. The number of halogens is 4. The number of nitrogens with one attached hydrogen (secondary N) is 3. The predicted octanol–water partition coefficient (Wildman–Crippen LogP) is 5.35. The summed E-state index contributed by atoms with van der Waals surface area (Å²) < 4.78 is 106. The molecule has 7 rings (SSSR count). The van der Waals surface area contributed by atoms with Crippen molar-refractivity contribution >= 4 is 44.9 Å². The van der Waals surface area contributed by atoms with Gasteiger partial charge in [-0.25, -0.2) is 32.0 Å². The Labute approximate surface area is 351 Å². The minimum Gasteiger partial charge on any atom is -0.497 e. The van der Waals surface area contributed by atoms with Crippen LogP contribution in [0.4, 0.5) is 22.4 Å². The van der Waals surface area contributed by atoms with Crippen LogP contribution in [0, 0.1) is 23.2 Å². The van der Waals surface area contributed by atoms with Gasteiger partial charge in [-0.2, -0.15) is 8.78 Å². The van der Waals surface area contributed by atoms with E-state index in [1.807, 2.05) is 4.72 Å². The molecule has 3 aliphatic carbocycles. The summed E-state index contributed by atoms with van der Waals surface area (Å²) in [6.07, 6.45) is -4.47. The van der Waals surface area contributed by atoms with Gasteiger partial charge in [-0.05, 0) is 75.3 Å². The lowest BCUT2D eigenvalue weighted by Crippen LogP contribution is -2.61. The number of methoxy groups -OCH3 is 1. The van der Waals surface area contributed by atoms with E-state index in [-0.39, 0.29) is 42.6 Å². The van der Waals surface area contributed by atoms with Crippen LogP contribution in [0.1, 0.15) is 105 Å². The molecule has 2 bridgehead atoms. The fourth-order valence-electron chi connectivity index (χ4n) is 8.62. The van der Waals surface area contributed by atoms with Gasteiger partial charge < -0.3 is 29.7 Å². The largest absolute Gasteiger partial charge is 0.497 e. The second-order valence-corrected chi connectivity index (χ2v) is 20.8. The molecular weight excluding hydrogens is 829 g/mol. The van der Waals surface area contributed by atoms with Crippen molar-refractivity contribution < 1.29 is 59.4 Å². The Hall–Kier alpha value is -4.49. The predicted molar refractivity (Wildman–Crippen MR) is 211 cm³/mol. The highest BCUT2D eigenvalue weighted by molar-refractivity contribution is 7.91. The Morgan fingerprint density at radius 2 is 1.79 bits per heavy atom. The van der Waals surface area contributed by atoms with Gasteiger partial charge in [0, 0.05) is 18.4 Å². The van der Waals surface area contributed by atoms with Crippen molar-refractivity contribution in [1.29, 1.82) is 0 Å². The number of alkyl halides is 4. The van der Waals surface area contributed by atoms with Crippen LogP contribution in [0.15, 0.2) is 18.2 Å². The van der Waals surface area contributed by atoms with E-state index in [0.29, 0.717) is 31.4 Å². The minimum absolute atomic E-state index is 0.0651. The molecule has 61 heavy (non-hydrogen) atoms. The molecule has 4 fully saturated rings. The zero-order valence-electron chi connectivity index (χ0n) is 35.1. The van der Waals surface area contributed by atoms with E-state index in [1.54, 1.807) is 33.8 Å². The van der Waals surface area contributed by atoms with Crippen LogP contribution in [0.2, 0.25) is 0 Å². The van der Waals surface area contributed by atoms with Gasteiger partial charge in [0.15, 0.2) is 5.69 Å². The van der Waals surface area contributed by atoms with Crippen molar-refractivity contribution in [3.63, 3.8) is 0 Å². The van der Waals surface area contributed by atoms with Gasteiger partial charge in [0.05, 0.1) is 35.4 Å². The lowest BCUT2D eigenvalue weighted by molar-refractivity contribution is -0.144. The summed E-state index contributed by atoms with van der Waals surface area (Å²) in [6.45, 7) is 7.78. The van der Waals surface area contributed by atoms with Gasteiger partial charge in [-0.1, -0.05) is 40.5 Å². The highest BCUT2D eigenvalue weighted by Crippen LogP contribution is 2.50. The number of ether oxygens (including phenoxy) is 3. The third-order valence-electron chi connectivity index (χ3n) is 12.9. The second-order valence-electron chi connectivity index (χ2n) is 18.6. The first-order valence-electron chi connectivity index (χ1n) is 20.9. The molecule has 5 aliphatic rings. The van der Waals surface area contributed by atoms with Crippen LogP contribution in [0.25, 0.3) is 11.0 Å². The Morgan fingerprint density at radius 3 is 2.41 bits per heavy atom. The topological polar surface area (TPSA) is 195 Å². The molecule has 1 aromatic carbocycles. The number of hydrogen-bond donors (Lipinski definition) is 3. The van der Waals surface area contributed by atoms with Crippen molar-refractivity contribution in [3.8, 4) is 11.6 Å². The second kappa shape index (κ2) is 16.0. The number of aromatic nitrogens is 2. The molecule has 15 nitrogen and oxygen atoms in total. The number of rotatable bonds is 9. The Kier molecular flexibility index (Phi) is 11.7. The molecule has 2 aliphatic heterocycles. The van der Waals surface area contributed by atoms with E-state index in [2.05, 4.69) is 20.6 Å². The number of benzene rings is 1. The third-order valence-corrected chi connectivity index (χ3v) is 15.1. The van der Waals surface area contributed by atoms with E-state index >= 15 is 8.78 Å². The monoisotopic (exact) mass is 882 g/mol. The van der Waals surface area contributed by atoms with Crippen molar-refractivity contribution in [2.45, 2.75) is 146 Å². The Balaban J connectivity index is 1.32. The molecule has 0 spiro atoms. The van der Waals surface area contributed by atoms with E-state index < -0.39 is 129 Å². The lowest BCUT2D eigenvalue weighted by Gasteiger charge is -2.36. The van der Waals surface area contributed by atoms with Gasteiger partial charge in [0.1, 0.15) is 35.6 Å². The van der Waals surface area contributed by atoms with E-state index in [1.165, 1.54) is 26.2 Å². The summed E-state index contributed by atoms with van der Waals surface area (Å²) in [5, 5.41) is 5.10. The first kappa shape index (κ1) is 44.6. The summed E-state index contributed by atoms with van der Waals surface area (Å²) in [6, 6.07) is 1.61. The highest BCUT2D eigenvalue weighted by Gasteiger charge is 2.68. The number of alkyl carbamates (subject to hydrolysis) is 1. The number of sulfonamides is 1. The number of carbonyl (C=O) groups excluding carboxylic acids is 4. The first-order chi connectivity index (χ1) is 28.5. The Bertz CT molecular complexity index is 2190. The molecular formula is C41H54F4N6O9S. The fourth-order valence-corrected chi connectivity index (χ4v) is 9.94. The summed E-state index contributed by atoms with van der Waals surface area (Å²) in [4.78, 5) is 66.7. The average molecular weight is 883 g/mol. The Morgan fingerprint density at radius 1 is 1.07 bits per heavy atom. The zero-order valence-corrected chi connectivity index (χ0v) is 35.9. The van der Waals surface area contributed by atoms with E-state index in [9.17, 15) is 36.4 Å². The van der Waals surface area contributed by atoms with Crippen molar-refractivity contribution in [1.82, 2.24) is 30.2 Å². The van der Waals surface area contributed by atoms with Crippen LogP contribution in [0.3, 0.4) is 0 Å². The summed E-state index contributed by atoms with van der Waals surface area (Å²) in [7, 11) is -2.89. The summed E-state index contributed by atoms with van der Waals surface area (Å²) in [5.74, 6) is -9.80. The van der Waals surface area contributed by atoms with Crippen molar-refractivity contribution in [2.75, 3.05) is 13.7 Å². The summed E-state index contributed by atoms with van der Waals surface area (Å²) >= 11 is 0. The first-order valence-corrected chi connectivity index (χ1v) is 22.4. The molecule has 0 unspecified atom stereocenters. The van der Waals surface area contributed by atoms with Gasteiger partial charge in [-0.15, -0.1) is 0 Å². The van der Waals surface area contributed by atoms with E-state index in [0.717, 1.165) is 4.90 Å². The molecule has 3 saturated carbocycles.